The fraction of sp³-hybridized carbons (Fsp3) is 0.571. The molecule has 1 aromatic carbocycles. The molecule has 1 fully saturated rings. The van der Waals surface area contributed by atoms with E-state index in [1.165, 1.54) is 5.56 Å². The molecule has 1 aliphatic rings. The average molecular weight is 251 g/mol. The van der Waals surface area contributed by atoms with E-state index in [1.807, 2.05) is 0 Å². The molecular weight excluding hydrogens is 230 g/mol. The Labute approximate surface area is 109 Å². The molecule has 0 N–H and O–H groups in total. The molecule has 0 bridgehead atoms. The van der Waals surface area contributed by atoms with Crippen molar-refractivity contribution in [2.24, 2.45) is 0 Å². The summed E-state index contributed by atoms with van der Waals surface area (Å²) in [5.74, 6) is 1.42. The molecule has 0 aliphatic carbocycles. The Bertz CT molecular complexity index is 330. The molecule has 0 amide bonds. The average Bonchev–Trinajstić information content (AvgIpc) is 2.37. The van der Waals surface area contributed by atoms with Crippen LogP contribution in [0.3, 0.4) is 0 Å². The molecular formula is C14H21NOS. The summed E-state index contributed by atoms with van der Waals surface area (Å²) in [5, 5.41) is 0. The van der Waals surface area contributed by atoms with Crippen molar-refractivity contribution in [1.29, 1.82) is 0 Å². The summed E-state index contributed by atoms with van der Waals surface area (Å²) in [6.07, 6.45) is 0.361. The predicted molar refractivity (Wildman–Crippen MR) is 74.9 cm³/mol. The number of morpholine rings is 1. The minimum absolute atomic E-state index is 0.361. The van der Waals surface area contributed by atoms with Crippen molar-refractivity contribution in [3.05, 3.63) is 35.9 Å². The number of ether oxygens (including phenoxy) is 1. The van der Waals surface area contributed by atoms with Crippen LogP contribution in [0, 0.1) is 0 Å². The first kappa shape index (κ1) is 12.9. The van der Waals surface area contributed by atoms with E-state index in [0.29, 0.717) is 12.0 Å². The molecule has 0 spiro atoms. The van der Waals surface area contributed by atoms with Crippen LogP contribution in [0.25, 0.3) is 0 Å². The van der Waals surface area contributed by atoms with Crippen LogP contribution < -0.4 is 0 Å². The summed E-state index contributed by atoms with van der Waals surface area (Å²) in [5.41, 5.74) is 1.39. The maximum absolute atomic E-state index is 5.57. The van der Waals surface area contributed by atoms with Crippen LogP contribution in [0.2, 0.25) is 0 Å². The summed E-state index contributed by atoms with van der Waals surface area (Å²) in [6.45, 7) is 6.17. The molecule has 2 atom stereocenters. The van der Waals surface area contributed by atoms with Crippen LogP contribution in [0.5, 0.6) is 0 Å². The van der Waals surface area contributed by atoms with Crippen LogP contribution in [-0.2, 0) is 4.74 Å². The second-order valence-electron chi connectivity index (χ2n) is 4.73. The topological polar surface area (TPSA) is 12.5 Å². The van der Waals surface area contributed by atoms with Gasteiger partial charge < -0.3 is 4.74 Å². The number of hydrogen-bond donors (Lipinski definition) is 1. The molecule has 17 heavy (non-hydrogen) atoms. The third-order valence-corrected chi connectivity index (χ3v) is 3.74. The molecule has 1 heterocycles. The van der Waals surface area contributed by atoms with E-state index in [4.69, 9.17) is 4.74 Å². The Kier molecular flexibility index (Phi) is 4.89. The van der Waals surface area contributed by atoms with Gasteiger partial charge in [0.25, 0.3) is 0 Å². The minimum atomic E-state index is 0.361. The van der Waals surface area contributed by atoms with Crippen LogP contribution in [0.15, 0.2) is 30.3 Å². The van der Waals surface area contributed by atoms with Gasteiger partial charge in [0.1, 0.15) is 0 Å². The molecule has 3 heteroatoms. The number of rotatable bonds is 4. The van der Waals surface area contributed by atoms with Crippen molar-refractivity contribution in [3.8, 4) is 0 Å². The van der Waals surface area contributed by atoms with Gasteiger partial charge in [-0.1, -0.05) is 30.3 Å². The highest BCUT2D eigenvalue weighted by molar-refractivity contribution is 7.80. The molecule has 1 saturated heterocycles. The number of nitrogens with zero attached hydrogens (tertiary/aromatic N) is 1. The largest absolute Gasteiger partial charge is 0.376 e. The molecule has 0 aromatic heterocycles. The van der Waals surface area contributed by atoms with Crippen molar-refractivity contribution in [2.75, 3.05) is 32.0 Å². The second kappa shape index (κ2) is 6.43. The summed E-state index contributed by atoms with van der Waals surface area (Å²) >= 11 is 4.49. The van der Waals surface area contributed by atoms with Crippen molar-refractivity contribution < 1.29 is 4.74 Å². The maximum Gasteiger partial charge on any atom is 0.0674 e. The van der Waals surface area contributed by atoms with Gasteiger partial charge in [-0.3, -0.25) is 4.90 Å². The third kappa shape index (κ3) is 3.73. The quantitative estimate of drug-likeness (QED) is 0.825. The molecule has 0 radical (unpaired) electrons. The van der Waals surface area contributed by atoms with E-state index in [0.717, 1.165) is 32.0 Å². The third-order valence-electron chi connectivity index (χ3n) is 3.30. The van der Waals surface area contributed by atoms with Gasteiger partial charge >= 0.3 is 0 Å². The van der Waals surface area contributed by atoms with Gasteiger partial charge in [-0.15, -0.1) is 0 Å². The normalized spacial score (nSPS) is 23.5. The van der Waals surface area contributed by atoms with Gasteiger partial charge in [0, 0.05) is 25.6 Å². The zero-order valence-corrected chi connectivity index (χ0v) is 11.3. The summed E-state index contributed by atoms with van der Waals surface area (Å²) in [7, 11) is 0. The van der Waals surface area contributed by atoms with Gasteiger partial charge in [-0.05, 0) is 18.2 Å². The first-order valence-electron chi connectivity index (χ1n) is 6.29. The van der Waals surface area contributed by atoms with Crippen molar-refractivity contribution in [2.45, 2.75) is 18.9 Å². The van der Waals surface area contributed by atoms with Crippen molar-refractivity contribution in [1.82, 2.24) is 4.90 Å². The second-order valence-corrected chi connectivity index (χ2v) is 5.10. The molecule has 0 saturated carbocycles. The highest BCUT2D eigenvalue weighted by Crippen LogP contribution is 2.19. The summed E-state index contributed by atoms with van der Waals surface area (Å²) in [6, 6.07) is 10.7. The lowest BCUT2D eigenvalue weighted by Gasteiger charge is -2.33. The molecule has 2 unspecified atom stereocenters. The zero-order chi connectivity index (χ0) is 12.1. The fourth-order valence-electron chi connectivity index (χ4n) is 2.36. The lowest BCUT2D eigenvalue weighted by atomic mass is 10.00. The van der Waals surface area contributed by atoms with Gasteiger partial charge in [0.2, 0.25) is 0 Å². The van der Waals surface area contributed by atoms with E-state index >= 15 is 0 Å². The molecule has 1 aromatic rings. The van der Waals surface area contributed by atoms with E-state index in [1.54, 1.807) is 0 Å². The predicted octanol–water partition coefficient (Wildman–Crippen LogP) is 2.42. The first-order chi connectivity index (χ1) is 8.29. The fourth-order valence-corrected chi connectivity index (χ4v) is 2.69. The maximum atomic E-state index is 5.57. The lowest BCUT2D eigenvalue weighted by Crippen LogP contribution is -2.43. The molecule has 94 valence electrons. The Balaban J connectivity index is 1.95. The van der Waals surface area contributed by atoms with Crippen LogP contribution >= 0.6 is 12.6 Å². The number of hydrogen-bond acceptors (Lipinski definition) is 3. The molecule has 2 rings (SSSR count). The summed E-state index contributed by atoms with van der Waals surface area (Å²) in [4.78, 5) is 2.49. The smallest absolute Gasteiger partial charge is 0.0674 e. The van der Waals surface area contributed by atoms with Crippen LogP contribution in [0.1, 0.15) is 18.4 Å². The van der Waals surface area contributed by atoms with Gasteiger partial charge in [-0.25, -0.2) is 0 Å². The van der Waals surface area contributed by atoms with Crippen molar-refractivity contribution >= 4 is 12.6 Å². The van der Waals surface area contributed by atoms with Gasteiger partial charge in [-0.2, -0.15) is 12.6 Å². The van der Waals surface area contributed by atoms with E-state index < -0.39 is 0 Å². The van der Waals surface area contributed by atoms with Gasteiger partial charge in [0.15, 0.2) is 0 Å². The zero-order valence-electron chi connectivity index (χ0n) is 10.4. The van der Waals surface area contributed by atoms with Gasteiger partial charge in [0.05, 0.1) is 12.7 Å². The van der Waals surface area contributed by atoms with Crippen LogP contribution in [0.4, 0.5) is 0 Å². The highest BCUT2D eigenvalue weighted by Gasteiger charge is 2.20. The minimum Gasteiger partial charge on any atom is -0.376 e. The first-order valence-corrected chi connectivity index (χ1v) is 6.92. The molecule has 2 nitrogen and oxygen atoms in total. The number of benzene rings is 1. The van der Waals surface area contributed by atoms with E-state index in [-0.39, 0.29) is 0 Å². The standard InChI is InChI=1S/C14H21NOS/c1-12-9-15(7-8-16-12)10-14(11-17)13-5-3-2-4-6-13/h2-6,12,14,17H,7-11H2,1H3. The van der Waals surface area contributed by atoms with E-state index in [2.05, 4.69) is 54.8 Å². The van der Waals surface area contributed by atoms with Crippen LogP contribution in [-0.4, -0.2) is 43.0 Å². The number of thiol groups is 1. The Morgan fingerprint density at radius 3 is 2.82 bits per heavy atom. The Hall–Kier alpha value is -0.510. The SMILES string of the molecule is CC1CN(CC(CS)c2ccccc2)CCO1. The monoisotopic (exact) mass is 251 g/mol. The molecule has 1 aliphatic heterocycles. The Morgan fingerprint density at radius 2 is 2.18 bits per heavy atom. The lowest BCUT2D eigenvalue weighted by molar-refractivity contribution is -0.0194. The van der Waals surface area contributed by atoms with Crippen molar-refractivity contribution in [3.63, 3.8) is 0 Å². The Morgan fingerprint density at radius 1 is 1.41 bits per heavy atom. The summed E-state index contributed by atoms with van der Waals surface area (Å²) < 4.78 is 5.57. The van der Waals surface area contributed by atoms with E-state index in [9.17, 15) is 0 Å². The highest BCUT2D eigenvalue weighted by atomic mass is 32.1.